The topological polar surface area (TPSA) is 84.9 Å². The van der Waals surface area contributed by atoms with E-state index in [2.05, 4.69) is 12.2 Å². The number of nitrogens with zero attached hydrogens (tertiary/aromatic N) is 1. The molecular weight excluding hydrogens is 404 g/mol. The molecular formula is C22H30N2O5S. The average molecular weight is 435 g/mol. The minimum Gasteiger partial charge on any atom is -0.493 e. The number of hydrogen-bond donors (Lipinski definition) is 1. The van der Waals surface area contributed by atoms with Gasteiger partial charge in [-0.3, -0.25) is 9.10 Å². The number of hydrogen-bond acceptors (Lipinski definition) is 5. The van der Waals surface area contributed by atoms with Gasteiger partial charge in [-0.2, -0.15) is 0 Å². The van der Waals surface area contributed by atoms with Crippen molar-refractivity contribution in [2.24, 2.45) is 0 Å². The van der Waals surface area contributed by atoms with E-state index in [9.17, 15) is 13.2 Å². The van der Waals surface area contributed by atoms with Crippen LogP contribution in [0.4, 0.5) is 5.69 Å². The maximum Gasteiger partial charge on any atom is 0.244 e. The lowest BCUT2D eigenvalue weighted by Crippen LogP contribution is -2.48. The molecule has 0 saturated carbocycles. The van der Waals surface area contributed by atoms with E-state index in [0.29, 0.717) is 17.2 Å². The summed E-state index contributed by atoms with van der Waals surface area (Å²) in [7, 11) is -0.777. The maximum atomic E-state index is 12.9. The normalized spacial score (nSPS) is 13.3. The van der Waals surface area contributed by atoms with Gasteiger partial charge in [-0.05, 0) is 43.5 Å². The van der Waals surface area contributed by atoms with Crippen LogP contribution in [0.3, 0.4) is 0 Å². The molecule has 2 atom stereocenters. The highest BCUT2D eigenvalue weighted by atomic mass is 32.2. The maximum absolute atomic E-state index is 12.9. The molecule has 2 rings (SSSR count). The fourth-order valence-electron chi connectivity index (χ4n) is 3.23. The molecule has 0 radical (unpaired) electrons. The van der Waals surface area contributed by atoms with Crippen LogP contribution in [-0.4, -0.2) is 40.8 Å². The van der Waals surface area contributed by atoms with Gasteiger partial charge in [-0.25, -0.2) is 8.42 Å². The van der Waals surface area contributed by atoms with Crippen LogP contribution in [0.25, 0.3) is 0 Å². The first-order chi connectivity index (χ1) is 14.1. The highest BCUT2D eigenvalue weighted by Gasteiger charge is 2.30. The van der Waals surface area contributed by atoms with E-state index in [-0.39, 0.29) is 6.04 Å². The first kappa shape index (κ1) is 23.5. The largest absolute Gasteiger partial charge is 0.493 e. The number of anilines is 1. The standard InChI is InChI=1S/C22H30N2O5S/c1-7-17-8-10-18(11-9-17)15(2)23-22(25)16(3)24(30(6,26)27)19-12-13-20(28-4)21(14-19)29-5/h8-16H,7H2,1-6H3,(H,23,25). The Morgan fingerprint density at radius 1 is 1.03 bits per heavy atom. The molecule has 0 aliphatic heterocycles. The Balaban J connectivity index is 2.28. The molecule has 0 bridgehead atoms. The molecule has 2 aromatic rings. The van der Waals surface area contributed by atoms with Crippen LogP contribution in [-0.2, 0) is 21.2 Å². The summed E-state index contributed by atoms with van der Waals surface area (Å²) in [5.41, 5.74) is 2.48. The SMILES string of the molecule is CCc1ccc(C(C)NC(=O)C(C)N(c2ccc(OC)c(OC)c2)S(C)(=O)=O)cc1. The Morgan fingerprint density at radius 3 is 2.13 bits per heavy atom. The van der Waals surface area contributed by atoms with Crippen LogP contribution in [0.2, 0.25) is 0 Å². The minimum absolute atomic E-state index is 0.266. The number of aryl methyl sites for hydroxylation is 1. The highest BCUT2D eigenvalue weighted by molar-refractivity contribution is 7.92. The van der Waals surface area contributed by atoms with Gasteiger partial charge < -0.3 is 14.8 Å². The number of nitrogens with one attached hydrogen (secondary N) is 1. The third-order valence-electron chi connectivity index (χ3n) is 4.96. The number of benzene rings is 2. The van der Waals surface area contributed by atoms with Crippen molar-refractivity contribution in [3.8, 4) is 11.5 Å². The van der Waals surface area contributed by atoms with Crippen molar-refractivity contribution in [3.05, 3.63) is 53.6 Å². The molecule has 0 heterocycles. The number of sulfonamides is 1. The predicted octanol–water partition coefficient (Wildman–Crippen LogP) is 3.30. The van der Waals surface area contributed by atoms with Crippen molar-refractivity contribution < 1.29 is 22.7 Å². The van der Waals surface area contributed by atoms with Gasteiger partial charge in [0.05, 0.1) is 32.2 Å². The molecule has 1 amide bonds. The smallest absolute Gasteiger partial charge is 0.244 e. The fraction of sp³-hybridized carbons (Fsp3) is 0.409. The summed E-state index contributed by atoms with van der Waals surface area (Å²) in [6, 6.07) is 11.5. The number of methoxy groups -OCH3 is 2. The van der Waals surface area contributed by atoms with Gasteiger partial charge >= 0.3 is 0 Å². The summed E-state index contributed by atoms with van der Waals surface area (Å²) < 4.78 is 36.6. The van der Waals surface area contributed by atoms with Crippen molar-refractivity contribution in [2.75, 3.05) is 24.8 Å². The van der Waals surface area contributed by atoms with Gasteiger partial charge in [0.15, 0.2) is 11.5 Å². The summed E-state index contributed by atoms with van der Waals surface area (Å²) in [5.74, 6) is 0.443. The summed E-state index contributed by atoms with van der Waals surface area (Å²) in [6.45, 7) is 5.50. The lowest BCUT2D eigenvalue weighted by Gasteiger charge is -2.29. The third kappa shape index (κ3) is 5.44. The Bertz CT molecular complexity index is 974. The van der Waals surface area contributed by atoms with Gasteiger partial charge in [0.2, 0.25) is 15.9 Å². The molecule has 0 aliphatic rings. The third-order valence-corrected chi connectivity index (χ3v) is 6.20. The van der Waals surface area contributed by atoms with E-state index >= 15 is 0 Å². The van der Waals surface area contributed by atoms with E-state index in [1.807, 2.05) is 31.2 Å². The van der Waals surface area contributed by atoms with E-state index in [0.717, 1.165) is 22.5 Å². The van der Waals surface area contributed by atoms with Crippen molar-refractivity contribution in [3.63, 3.8) is 0 Å². The van der Waals surface area contributed by atoms with E-state index in [1.54, 1.807) is 19.1 Å². The van der Waals surface area contributed by atoms with Crippen LogP contribution in [0.1, 0.15) is 37.9 Å². The van der Waals surface area contributed by atoms with Crippen LogP contribution >= 0.6 is 0 Å². The number of carbonyl (C=O) groups is 1. The van der Waals surface area contributed by atoms with E-state index in [4.69, 9.17) is 9.47 Å². The number of carbonyl (C=O) groups excluding carboxylic acids is 1. The summed E-state index contributed by atoms with van der Waals surface area (Å²) in [4.78, 5) is 12.9. The second kappa shape index (κ2) is 9.84. The molecule has 7 nitrogen and oxygen atoms in total. The van der Waals surface area contributed by atoms with Gasteiger partial charge in [0.1, 0.15) is 6.04 Å². The molecule has 0 spiro atoms. The van der Waals surface area contributed by atoms with Crippen molar-refractivity contribution >= 4 is 21.6 Å². The van der Waals surface area contributed by atoms with E-state index < -0.39 is 22.0 Å². The predicted molar refractivity (Wildman–Crippen MR) is 119 cm³/mol. The Morgan fingerprint density at radius 2 is 1.63 bits per heavy atom. The number of rotatable bonds is 9. The van der Waals surface area contributed by atoms with Gasteiger partial charge in [-0.15, -0.1) is 0 Å². The van der Waals surface area contributed by atoms with E-state index in [1.165, 1.54) is 25.8 Å². The molecule has 1 N–H and O–H groups in total. The molecule has 2 aromatic carbocycles. The summed E-state index contributed by atoms with van der Waals surface area (Å²) >= 11 is 0. The van der Waals surface area contributed by atoms with Crippen LogP contribution < -0.4 is 19.1 Å². The Hall–Kier alpha value is -2.74. The first-order valence-corrected chi connectivity index (χ1v) is 11.6. The zero-order valence-corrected chi connectivity index (χ0v) is 19.1. The average Bonchev–Trinajstić information content (AvgIpc) is 2.72. The molecule has 0 aliphatic carbocycles. The van der Waals surface area contributed by atoms with Gasteiger partial charge in [0.25, 0.3) is 0 Å². The summed E-state index contributed by atoms with van der Waals surface area (Å²) in [5, 5.41) is 2.91. The molecule has 0 saturated heterocycles. The lowest BCUT2D eigenvalue weighted by molar-refractivity contribution is -0.122. The second-order valence-corrected chi connectivity index (χ2v) is 8.96. The Labute approximate surface area is 179 Å². The quantitative estimate of drug-likeness (QED) is 0.655. The molecule has 2 unspecified atom stereocenters. The zero-order chi connectivity index (χ0) is 22.5. The molecule has 30 heavy (non-hydrogen) atoms. The molecule has 8 heteroatoms. The van der Waals surface area contributed by atoms with Crippen LogP contribution in [0.5, 0.6) is 11.5 Å². The number of amides is 1. The van der Waals surface area contributed by atoms with Crippen molar-refractivity contribution in [1.29, 1.82) is 0 Å². The van der Waals surface area contributed by atoms with Crippen LogP contribution in [0.15, 0.2) is 42.5 Å². The van der Waals surface area contributed by atoms with Gasteiger partial charge in [-0.1, -0.05) is 31.2 Å². The molecule has 0 fully saturated rings. The van der Waals surface area contributed by atoms with Crippen LogP contribution in [0, 0.1) is 0 Å². The van der Waals surface area contributed by atoms with Crippen molar-refractivity contribution in [2.45, 2.75) is 39.3 Å². The Kier molecular flexibility index (Phi) is 7.72. The molecule has 164 valence electrons. The lowest BCUT2D eigenvalue weighted by atomic mass is 10.0. The number of ether oxygens (including phenoxy) is 2. The fourth-order valence-corrected chi connectivity index (χ4v) is 4.40. The summed E-state index contributed by atoms with van der Waals surface area (Å²) in [6.07, 6.45) is 2.01. The zero-order valence-electron chi connectivity index (χ0n) is 18.3. The monoisotopic (exact) mass is 434 g/mol. The highest BCUT2D eigenvalue weighted by Crippen LogP contribution is 2.33. The van der Waals surface area contributed by atoms with Crippen molar-refractivity contribution in [1.82, 2.24) is 5.32 Å². The first-order valence-electron chi connectivity index (χ1n) is 9.73. The molecule has 0 aromatic heterocycles. The van der Waals surface area contributed by atoms with Gasteiger partial charge in [0, 0.05) is 6.07 Å². The minimum atomic E-state index is -3.74. The second-order valence-electron chi connectivity index (χ2n) is 7.10.